The quantitative estimate of drug-likeness (QED) is 0.272. The van der Waals surface area contributed by atoms with Crippen molar-refractivity contribution in [1.29, 1.82) is 0 Å². The van der Waals surface area contributed by atoms with Crippen molar-refractivity contribution in [3.05, 3.63) is 0 Å². The van der Waals surface area contributed by atoms with Crippen LogP contribution in [0, 0.1) is 71.0 Å². The van der Waals surface area contributed by atoms with Gasteiger partial charge in [0.15, 0.2) is 0 Å². The van der Waals surface area contributed by atoms with Gasteiger partial charge in [-0.15, -0.1) is 0 Å². The van der Waals surface area contributed by atoms with Crippen LogP contribution in [0.5, 0.6) is 0 Å². The third kappa shape index (κ3) is 7.03. The highest BCUT2D eigenvalue weighted by Gasteiger charge is 2.60. The Hall–Kier alpha value is 0.970. The van der Waals surface area contributed by atoms with Crippen LogP contribution < -0.4 is 0 Å². The molecule has 0 spiro atoms. The normalized spacial score (nSPS) is 56.8. The average Bonchev–Trinajstić information content (AvgIpc) is 4.07. The number of rotatable bonds is 5. The van der Waals surface area contributed by atoms with Crippen LogP contribution in [0.3, 0.4) is 0 Å². The number of thioether (sulfide) groups is 3. The van der Waals surface area contributed by atoms with Crippen molar-refractivity contribution in [2.45, 2.75) is 261 Å². The Morgan fingerprint density at radius 3 is 1.66 bits per heavy atom. The summed E-state index contributed by atoms with van der Waals surface area (Å²) in [6.07, 6.45) is 48.8. The zero-order valence-corrected chi connectivity index (χ0v) is 39.7. The van der Waals surface area contributed by atoms with Crippen LogP contribution in [-0.2, 0) is 4.74 Å². The fourth-order valence-electron chi connectivity index (χ4n) is 20.1. The minimum atomic E-state index is 0.631. The number of fused-ring (bicyclic) bond motifs is 13. The van der Waals surface area contributed by atoms with Crippen molar-refractivity contribution in [2.24, 2.45) is 71.0 Å². The Balaban J connectivity index is 0.713. The topological polar surface area (TPSA) is 12.5 Å². The van der Waals surface area contributed by atoms with Crippen molar-refractivity contribution in [3.63, 3.8) is 0 Å². The standard InChI is InChI=1S/C54H85NOS3/c1-4-19-46-38(10-1)40-15-7-13-36(51(40)56-46)32-22-26-34(27-23-32)55(45-18-9-17-41-39-11-2-5-20-47(39)58-53(41)45)35-28-24-33(25-29-35)37-14-8-16-42-43-30-31-49-50(54(43)59-52(37)42)44-12-3-6-21-48(44)57-49/h32-54H,1-31H2. The molecule has 19 atom stereocenters. The summed E-state index contributed by atoms with van der Waals surface area (Å²) in [4.78, 5) is 3.44. The van der Waals surface area contributed by atoms with E-state index in [9.17, 15) is 0 Å². The lowest BCUT2D eigenvalue weighted by Gasteiger charge is -2.53. The van der Waals surface area contributed by atoms with Crippen molar-refractivity contribution in [1.82, 2.24) is 4.90 Å². The van der Waals surface area contributed by atoms with Gasteiger partial charge in [-0.3, -0.25) is 4.90 Å². The second-order valence-electron chi connectivity index (χ2n) is 24.5. The largest absolute Gasteiger partial charge is 0.374 e. The lowest BCUT2D eigenvalue weighted by Crippen LogP contribution is -2.57. The van der Waals surface area contributed by atoms with Crippen molar-refractivity contribution < 1.29 is 4.74 Å². The van der Waals surface area contributed by atoms with Gasteiger partial charge in [0.25, 0.3) is 0 Å². The van der Waals surface area contributed by atoms with Gasteiger partial charge in [-0.25, -0.2) is 0 Å². The molecule has 4 heterocycles. The van der Waals surface area contributed by atoms with E-state index in [1.807, 2.05) is 0 Å². The molecule has 0 aromatic carbocycles. The summed E-state index contributed by atoms with van der Waals surface area (Å²) in [5.41, 5.74) is 0. The van der Waals surface area contributed by atoms with Crippen LogP contribution in [0.2, 0.25) is 0 Å². The first-order valence-corrected chi connectivity index (χ1v) is 30.5. The molecule has 0 N–H and O–H groups in total. The third-order valence-electron chi connectivity index (χ3n) is 22.3. The lowest BCUT2D eigenvalue weighted by molar-refractivity contribution is -0.0565. The first-order chi connectivity index (χ1) is 29.2. The summed E-state index contributed by atoms with van der Waals surface area (Å²) in [7, 11) is 0. The summed E-state index contributed by atoms with van der Waals surface area (Å²) < 4.78 is 7.13. The van der Waals surface area contributed by atoms with Gasteiger partial charge >= 0.3 is 0 Å². The lowest BCUT2D eigenvalue weighted by atomic mass is 9.62. The van der Waals surface area contributed by atoms with E-state index in [0.717, 1.165) is 121 Å². The molecule has 5 heteroatoms. The first kappa shape index (κ1) is 40.3. The monoisotopic (exact) mass is 860 g/mol. The zero-order valence-electron chi connectivity index (χ0n) is 37.3. The van der Waals surface area contributed by atoms with Crippen molar-refractivity contribution in [2.75, 3.05) is 0 Å². The van der Waals surface area contributed by atoms with E-state index in [0.29, 0.717) is 12.2 Å². The molecule has 0 radical (unpaired) electrons. The molecule has 9 saturated carbocycles. The molecular weight excluding hydrogens is 775 g/mol. The summed E-state index contributed by atoms with van der Waals surface area (Å²) in [5.74, 6) is 12.2. The summed E-state index contributed by atoms with van der Waals surface area (Å²) in [6, 6.07) is 2.65. The molecule has 59 heavy (non-hydrogen) atoms. The Morgan fingerprint density at radius 1 is 0.322 bits per heavy atom. The Bertz CT molecular complexity index is 1460. The third-order valence-corrected chi connectivity index (χ3v) is 28.1. The molecule has 9 aliphatic carbocycles. The van der Waals surface area contributed by atoms with Gasteiger partial charge in [0.05, 0.1) is 12.2 Å². The van der Waals surface area contributed by atoms with E-state index in [2.05, 4.69) is 40.2 Å². The van der Waals surface area contributed by atoms with Gasteiger partial charge in [0.1, 0.15) is 0 Å². The van der Waals surface area contributed by atoms with Crippen LogP contribution in [0.1, 0.15) is 199 Å². The van der Waals surface area contributed by atoms with Gasteiger partial charge in [-0.1, -0.05) is 57.8 Å². The van der Waals surface area contributed by atoms with Gasteiger partial charge in [0, 0.05) is 49.6 Å². The van der Waals surface area contributed by atoms with Crippen LogP contribution in [0.4, 0.5) is 0 Å². The van der Waals surface area contributed by atoms with E-state index < -0.39 is 0 Å². The number of hydrogen-bond donors (Lipinski definition) is 0. The molecule has 13 fully saturated rings. The predicted molar refractivity (Wildman–Crippen MR) is 252 cm³/mol. The van der Waals surface area contributed by atoms with Crippen molar-refractivity contribution in [3.8, 4) is 0 Å². The predicted octanol–water partition coefficient (Wildman–Crippen LogP) is 14.2. The molecule has 13 aliphatic rings. The molecule has 330 valence electrons. The second kappa shape index (κ2) is 17.0. The van der Waals surface area contributed by atoms with Crippen molar-refractivity contribution >= 4 is 35.3 Å². The maximum Gasteiger partial charge on any atom is 0.0641 e. The number of ether oxygens (including phenoxy) is 1. The highest BCUT2D eigenvalue weighted by molar-refractivity contribution is 8.02. The van der Waals surface area contributed by atoms with Gasteiger partial charge in [0.2, 0.25) is 0 Å². The van der Waals surface area contributed by atoms with E-state index in [1.54, 1.807) is 96.3 Å². The summed E-state index contributed by atoms with van der Waals surface area (Å²) >= 11 is 7.77. The fourth-order valence-corrected chi connectivity index (χ4v) is 27.1. The van der Waals surface area contributed by atoms with Crippen LogP contribution >= 0.6 is 35.3 Å². The zero-order chi connectivity index (χ0) is 38.6. The van der Waals surface area contributed by atoms with E-state index in [-0.39, 0.29) is 0 Å². The maximum absolute atomic E-state index is 7.13. The molecule has 0 aromatic rings. The molecular formula is C54H85NOS3. The highest BCUT2D eigenvalue weighted by Crippen LogP contribution is 2.66. The van der Waals surface area contributed by atoms with Crippen LogP contribution in [0.25, 0.3) is 0 Å². The molecule has 4 aliphatic heterocycles. The van der Waals surface area contributed by atoms with E-state index in [4.69, 9.17) is 4.74 Å². The molecule has 0 aromatic heterocycles. The Morgan fingerprint density at radius 2 is 0.881 bits per heavy atom. The second-order valence-corrected chi connectivity index (χ2v) is 28.7. The maximum atomic E-state index is 7.13. The number of nitrogens with zero attached hydrogens (tertiary/aromatic N) is 1. The van der Waals surface area contributed by atoms with Gasteiger partial charge in [-0.05, 0) is 212 Å². The Labute approximate surface area is 374 Å². The van der Waals surface area contributed by atoms with Crippen LogP contribution in [0.15, 0.2) is 0 Å². The fraction of sp³-hybridized carbons (Fsp3) is 1.00. The first-order valence-electron chi connectivity index (χ1n) is 27.6. The van der Waals surface area contributed by atoms with Gasteiger partial charge < -0.3 is 4.74 Å². The van der Waals surface area contributed by atoms with E-state index in [1.165, 1.54) is 103 Å². The molecule has 13 rings (SSSR count). The molecule has 0 amide bonds. The van der Waals surface area contributed by atoms with E-state index >= 15 is 0 Å². The smallest absolute Gasteiger partial charge is 0.0641 e. The molecule has 19 unspecified atom stereocenters. The summed E-state index contributed by atoms with van der Waals surface area (Å²) in [5, 5.41) is 6.12. The minimum absolute atomic E-state index is 0.631. The van der Waals surface area contributed by atoms with Crippen LogP contribution in [-0.4, -0.2) is 66.7 Å². The average molecular weight is 860 g/mol. The SMILES string of the molecule is C1CCC2C(C1)OC1C(C3CCC(N(C4CCC(C5CCCC6C7CCC8SC9CCCCC9C8C7SC56)CC4)C4CCCC5C6CCCCC6SC54)CC3)CCCC21. The molecule has 2 nitrogen and oxygen atoms in total. The molecule has 0 bridgehead atoms. The number of hydrogen-bond acceptors (Lipinski definition) is 5. The summed E-state index contributed by atoms with van der Waals surface area (Å²) in [6.45, 7) is 0. The van der Waals surface area contributed by atoms with Gasteiger partial charge in [-0.2, -0.15) is 35.3 Å². The minimum Gasteiger partial charge on any atom is -0.374 e. The Kier molecular flexibility index (Phi) is 11.6. The molecule has 4 saturated heterocycles. The highest BCUT2D eigenvalue weighted by atomic mass is 32.2.